The number of carbonyl (C=O) groups is 2. The fourth-order valence-corrected chi connectivity index (χ4v) is 1.23. The van der Waals surface area contributed by atoms with Crippen molar-refractivity contribution in [3.8, 4) is 0 Å². The van der Waals surface area contributed by atoms with E-state index in [1.54, 1.807) is 31.1 Å². The molecule has 0 aromatic carbocycles. The van der Waals surface area contributed by atoms with Crippen LogP contribution in [-0.4, -0.2) is 42.8 Å². The Kier molecular flexibility index (Phi) is 4.39. The Morgan fingerprint density at radius 3 is 2.35 bits per heavy atom. The lowest BCUT2D eigenvalue weighted by molar-refractivity contribution is -0.135. The minimum absolute atomic E-state index is 0.0105. The predicted octanol–water partition coefficient (Wildman–Crippen LogP) is 0.883. The van der Waals surface area contributed by atoms with Gasteiger partial charge >= 0.3 is 5.97 Å². The highest BCUT2D eigenvalue weighted by Crippen LogP contribution is 2.09. The zero-order valence-corrected chi connectivity index (χ0v) is 10.0. The SMILES string of the molecule is COC(=O)C(=CN(C)C)C(=O)c1ccncc1. The van der Waals surface area contributed by atoms with Crippen LogP contribution < -0.4 is 0 Å². The Labute approximate surface area is 99.7 Å². The first kappa shape index (κ1) is 12.9. The minimum Gasteiger partial charge on any atom is -0.465 e. The molecule has 0 saturated heterocycles. The second kappa shape index (κ2) is 5.79. The Bertz CT molecular complexity index is 438. The molecule has 5 nitrogen and oxygen atoms in total. The molecule has 5 heteroatoms. The molecule has 0 fully saturated rings. The first-order valence-electron chi connectivity index (χ1n) is 4.97. The van der Waals surface area contributed by atoms with Gasteiger partial charge in [0.2, 0.25) is 5.78 Å². The summed E-state index contributed by atoms with van der Waals surface area (Å²) in [6.45, 7) is 0. The molecule has 1 aromatic rings. The van der Waals surface area contributed by atoms with E-state index in [2.05, 4.69) is 9.72 Å². The lowest BCUT2D eigenvalue weighted by Crippen LogP contribution is -2.18. The molecule has 0 atom stereocenters. The quantitative estimate of drug-likeness (QED) is 0.254. The monoisotopic (exact) mass is 234 g/mol. The van der Waals surface area contributed by atoms with Crippen molar-refractivity contribution in [2.24, 2.45) is 0 Å². The van der Waals surface area contributed by atoms with Crippen LogP contribution in [0, 0.1) is 0 Å². The summed E-state index contributed by atoms with van der Waals surface area (Å²) in [6.07, 6.45) is 4.43. The molecular weight excluding hydrogens is 220 g/mol. The number of nitrogens with zero attached hydrogens (tertiary/aromatic N) is 2. The van der Waals surface area contributed by atoms with Gasteiger partial charge in [-0.2, -0.15) is 0 Å². The maximum absolute atomic E-state index is 12.1. The molecule has 0 aliphatic heterocycles. The van der Waals surface area contributed by atoms with Gasteiger partial charge in [-0.3, -0.25) is 9.78 Å². The summed E-state index contributed by atoms with van der Waals surface area (Å²) >= 11 is 0. The third kappa shape index (κ3) is 3.41. The third-order valence-electron chi connectivity index (χ3n) is 1.98. The third-order valence-corrected chi connectivity index (χ3v) is 1.98. The Morgan fingerprint density at radius 1 is 1.29 bits per heavy atom. The molecule has 0 N–H and O–H groups in total. The average Bonchev–Trinajstić information content (AvgIpc) is 2.35. The van der Waals surface area contributed by atoms with Crippen LogP contribution in [-0.2, 0) is 9.53 Å². The van der Waals surface area contributed by atoms with Crippen molar-refractivity contribution >= 4 is 11.8 Å². The van der Waals surface area contributed by atoms with Crippen LogP contribution in [0.5, 0.6) is 0 Å². The van der Waals surface area contributed by atoms with Gasteiger partial charge in [0.25, 0.3) is 0 Å². The molecule has 90 valence electrons. The topological polar surface area (TPSA) is 59.5 Å². The van der Waals surface area contributed by atoms with Gasteiger partial charge in [0, 0.05) is 38.3 Å². The fourth-order valence-electron chi connectivity index (χ4n) is 1.23. The second-order valence-electron chi connectivity index (χ2n) is 3.56. The highest BCUT2D eigenvalue weighted by Gasteiger charge is 2.20. The number of methoxy groups -OCH3 is 1. The molecule has 0 aliphatic rings. The first-order valence-corrected chi connectivity index (χ1v) is 4.97. The minimum atomic E-state index is -0.652. The number of aromatic nitrogens is 1. The van der Waals surface area contributed by atoms with Crippen LogP contribution in [0.25, 0.3) is 0 Å². The van der Waals surface area contributed by atoms with Gasteiger partial charge in [-0.15, -0.1) is 0 Å². The molecule has 1 rings (SSSR count). The molecule has 0 unspecified atom stereocenters. The Balaban J connectivity index is 3.08. The van der Waals surface area contributed by atoms with E-state index in [1.165, 1.54) is 25.7 Å². The van der Waals surface area contributed by atoms with E-state index in [1.807, 2.05) is 0 Å². The van der Waals surface area contributed by atoms with E-state index >= 15 is 0 Å². The molecule has 1 heterocycles. The molecule has 0 spiro atoms. The van der Waals surface area contributed by atoms with E-state index in [0.29, 0.717) is 5.56 Å². The summed E-state index contributed by atoms with van der Waals surface area (Å²) in [5.74, 6) is -1.03. The number of rotatable bonds is 4. The lowest BCUT2D eigenvalue weighted by Gasteiger charge is -2.09. The summed E-state index contributed by atoms with van der Waals surface area (Å²) in [6, 6.07) is 3.10. The number of pyridine rings is 1. The van der Waals surface area contributed by atoms with Crippen LogP contribution in [0.1, 0.15) is 10.4 Å². The first-order chi connectivity index (χ1) is 8.06. The van der Waals surface area contributed by atoms with Gasteiger partial charge < -0.3 is 9.64 Å². The smallest absolute Gasteiger partial charge is 0.343 e. The largest absolute Gasteiger partial charge is 0.465 e. The number of hydrogen-bond acceptors (Lipinski definition) is 5. The van der Waals surface area contributed by atoms with Gasteiger partial charge in [-0.05, 0) is 12.1 Å². The van der Waals surface area contributed by atoms with Crippen molar-refractivity contribution in [1.82, 2.24) is 9.88 Å². The van der Waals surface area contributed by atoms with E-state index in [4.69, 9.17) is 0 Å². The van der Waals surface area contributed by atoms with E-state index in [9.17, 15) is 9.59 Å². The van der Waals surface area contributed by atoms with Gasteiger partial charge in [-0.25, -0.2) is 4.79 Å². The normalized spacial score (nSPS) is 10.9. The van der Waals surface area contributed by atoms with Crippen molar-refractivity contribution in [3.63, 3.8) is 0 Å². The number of ether oxygens (including phenoxy) is 1. The summed E-state index contributed by atoms with van der Waals surface area (Å²) in [4.78, 5) is 29.0. The number of Topliss-reactive ketones (excluding diaryl/α,β-unsaturated/α-hetero) is 1. The van der Waals surface area contributed by atoms with Crippen molar-refractivity contribution in [2.45, 2.75) is 0 Å². The maximum atomic E-state index is 12.1. The molecular formula is C12H14N2O3. The van der Waals surface area contributed by atoms with Crippen LogP contribution in [0.3, 0.4) is 0 Å². The van der Waals surface area contributed by atoms with Crippen molar-refractivity contribution < 1.29 is 14.3 Å². The van der Waals surface area contributed by atoms with Gasteiger partial charge in [0.05, 0.1) is 7.11 Å². The van der Waals surface area contributed by atoms with Crippen molar-refractivity contribution in [2.75, 3.05) is 21.2 Å². The summed E-state index contributed by atoms with van der Waals surface area (Å²) < 4.78 is 4.59. The summed E-state index contributed by atoms with van der Waals surface area (Å²) in [5, 5.41) is 0. The van der Waals surface area contributed by atoms with Crippen LogP contribution >= 0.6 is 0 Å². The number of ketones is 1. The summed E-state index contributed by atoms with van der Waals surface area (Å²) in [5.41, 5.74) is 0.391. The van der Waals surface area contributed by atoms with Gasteiger partial charge in [0.1, 0.15) is 5.57 Å². The standard InChI is InChI=1S/C12H14N2O3/c1-14(2)8-10(12(16)17-3)11(15)9-4-6-13-7-5-9/h4-8H,1-3H3. The zero-order valence-electron chi connectivity index (χ0n) is 10.0. The molecule has 1 aromatic heterocycles. The van der Waals surface area contributed by atoms with Crippen LogP contribution in [0.15, 0.2) is 36.3 Å². The van der Waals surface area contributed by atoms with Crippen molar-refractivity contribution in [3.05, 3.63) is 41.9 Å². The van der Waals surface area contributed by atoms with Crippen LogP contribution in [0.2, 0.25) is 0 Å². The lowest BCUT2D eigenvalue weighted by atomic mass is 10.1. The zero-order chi connectivity index (χ0) is 12.8. The molecule has 17 heavy (non-hydrogen) atoms. The highest BCUT2D eigenvalue weighted by atomic mass is 16.5. The molecule has 0 saturated carbocycles. The number of hydrogen-bond donors (Lipinski definition) is 0. The van der Waals surface area contributed by atoms with E-state index in [0.717, 1.165) is 0 Å². The Hall–Kier alpha value is -2.17. The summed E-state index contributed by atoms with van der Waals surface area (Å²) in [7, 11) is 4.69. The molecule has 0 bridgehead atoms. The van der Waals surface area contributed by atoms with E-state index in [-0.39, 0.29) is 11.4 Å². The fraction of sp³-hybridized carbons (Fsp3) is 0.250. The second-order valence-corrected chi connectivity index (χ2v) is 3.56. The molecule has 0 amide bonds. The van der Waals surface area contributed by atoms with Gasteiger partial charge in [-0.1, -0.05) is 0 Å². The average molecular weight is 234 g/mol. The molecule has 0 aliphatic carbocycles. The predicted molar refractivity (Wildman–Crippen MR) is 62.4 cm³/mol. The number of carbonyl (C=O) groups excluding carboxylic acids is 2. The van der Waals surface area contributed by atoms with Crippen LogP contribution in [0.4, 0.5) is 0 Å². The van der Waals surface area contributed by atoms with E-state index < -0.39 is 5.97 Å². The Morgan fingerprint density at radius 2 is 1.88 bits per heavy atom. The highest BCUT2D eigenvalue weighted by molar-refractivity contribution is 6.24. The number of esters is 1. The van der Waals surface area contributed by atoms with Crippen molar-refractivity contribution in [1.29, 1.82) is 0 Å². The molecule has 0 radical (unpaired) electrons. The van der Waals surface area contributed by atoms with Gasteiger partial charge in [0.15, 0.2) is 0 Å². The maximum Gasteiger partial charge on any atom is 0.343 e.